The first-order valence-corrected chi connectivity index (χ1v) is 6.09. The number of nitrogens with zero attached hydrogens (tertiary/aromatic N) is 1. The fourth-order valence-electron chi connectivity index (χ4n) is 2.10. The van der Waals surface area contributed by atoms with Gasteiger partial charge in [-0.1, -0.05) is 6.92 Å². The molecule has 17 heavy (non-hydrogen) atoms. The van der Waals surface area contributed by atoms with Crippen LogP contribution in [0.3, 0.4) is 0 Å². The lowest BCUT2D eigenvalue weighted by Crippen LogP contribution is -2.49. The molecule has 1 N–H and O–H groups in total. The van der Waals surface area contributed by atoms with Gasteiger partial charge >= 0.3 is 0 Å². The molecule has 1 atom stereocenters. The molecule has 4 heteroatoms. The minimum Gasteiger partial charge on any atom is -0.464 e. The van der Waals surface area contributed by atoms with Crippen molar-refractivity contribution in [3.63, 3.8) is 0 Å². The average molecular weight is 236 g/mol. The standard InChI is InChI=1S/C13H20N2O2/c1-9-4-5-12(17-9)8-15(3)13(16)10(2)11-6-14-7-11/h4-5,10-11,14H,6-8H2,1-3H3. The van der Waals surface area contributed by atoms with Gasteiger partial charge in [0.1, 0.15) is 11.5 Å². The maximum absolute atomic E-state index is 12.1. The molecule has 1 aromatic rings. The van der Waals surface area contributed by atoms with Crippen LogP contribution in [0.25, 0.3) is 0 Å². The van der Waals surface area contributed by atoms with Crippen molar-refractivity contribution in [1.82, 2.24) is 10.2 Å². The minimum absolute atomic E-state index is 0.0947. The molecule has 1 fully saturated rings. The molecule has 0 aromatic carbocycles. The number of carbonyl (C=O) groups is 1. The van der Waals surface area contributed by atoms with Gasteiger partial charge in [0.05, 0.1) is 6.54 Å². The summed E-state index contributed by atoms with van der Waals surface area (Å²) in [5.41, 5.74) is 0. The van der Waals surface area contributed by atoms with Gasteiger partial charge in [-0.05, 0) is 38.1 Å². The summed E-state index contributed by atoms with van der Waals surface area (Å²) in [4.78, 5) is 13.9. The van der Waals surface area contributed by atoms with E-state index in [1.807, 2.05) is 33.0 Å². The van der Waals surface area contributed by atoms with Crippen molar-refractivity contribution in [3.8, 4) is 0 Å². The Kier molecular flexibility index (Phi) is 3.52. The van der Waals surface area contributed by atoms with E-state index >= 15 is 0 Å². The Bertz CT molecular complexity index is 396. The van der Waals surface area contributed by atoms with Crippen LogP contribution >= 0.6 is 0 Å². The molecular formula is C13H20N2O2. The second-order valence-corrected chi connectivity index (χ2v) is 4.91. The van der Waals surface area contributed by atoms with Gasteiger partial charge < -0.3 is 14.6 Å². The number of amides is 1. The van der Waals surface area contributed by atoms with E-state index in [1.54, 1.807) is 4.90 Å². The first-order valence-electron chi connectivity index (χ1n) is 6.09. The quantitative estimate of drug-likeness (QED) is 0.859. The molecule has 2 heterocycles. The molecule has 1 aliphatic heterocycles. The maximum Gasteiger partial charge on any atom is 0.225 e. The molecule has 1 aromatic heterocycles. The number of carbonyl (C=O) groups excluding carboxylic acids is 1. The summed E-state index contributed by atoms with van der Waals surface area (Å²) in [5.74, 6) is 2.51. The molecule has 1 aliphatic rings. The third kappa shape index (κ3) is 2.69. The predicted octanol–water partition coefficient (Wildman–Crippen LogP) is 1.40. The molecule has 0 bridgehead atoms. The van der Waals surface area contributed by atoms with Crippen molar-refractivity contribution in [2.24, 2.45) is 11.8 Å². The van der Waals surface area contributed by atoms with Crippen LogP contribution in [-0.4, -0.2) is 30.9 Å². The fourth-order valence-corrected chi connectivity index (χ4v) is 2.10. The highest BCUT2D eigenvalue weighted by Gasteiger charge is 2.30. The van der Waals surface area contributed by atoms with E-state index in [1.165, 1.54) is 0 Å². The van der Waals surface area contributed by atoms with Gasteiger partial charge in [0, 0.05) is 13.0 Å². The van der Waals surface area contributed by atoms with E-state index in [0.29, 0.717) is 12.5 Å². The molecule has 1 unspecified atom stereocenters. The third-order valence-electron chi connectivity index (χ3n) is 3.47. The van der Waals surface area contributed by atoms with Crippen LogP contribution in [0.4, 0.5) is 0 Å². The first-order chi connectivity index (χ1) is 8.08. The monoisotopic (exact) mass is 236 g/mol. The molecule has 4 nitrogen and oxygen atoms in total. The van der Waals surface area contributed by atoms with Crippen molar-refractivity contribution >= 4 is 5.91 Å². The molecule has 94 valence electrons. The Hall–Kier alpha value is -1.29. The summed E-state index contributed by atoms with van der Waals surface area (Å²) in [6.45, 7) is 6.39. The van der Waals surface area contributed by atoms with Gasteiger partial charge in [-0.2, -0.15) is 0 Å². The maximum atomic E-state index is 12.1. The van der Waals surface area contributed by atoms with Crippen LogP contribution in [0.1, 0.15) is 18.4 Å². The summed E-state index contributed by atoms with van der Waals surface area (Å²) < 4.78 is 5.48. The second-order valence-electron chi connectivity index (χ2n) is 4.91. The van der Waals surface area contributed by atoms with Crippen LogP contribution < -0.4 is 5.32 Å². The van der Waals surface area contributed by atoms with E-state index in [9.17, 15) is 4.79 Å². The third-order valence-corrected chi connectivity index (χ3v) is 3.47. The summed E-state index contributed by atoms with van der Waals surface area (Å²) in [6.07, 6.45) is 0. The highest BCUT2D eigenvalue weighted by Crippen LogP contribution is 2.19. The molecular weight excluding hydrogens is 216 g/mol. The number of nitrogens with one attached hydrogen (secondary N) is 1. The molecule has 0 spiro atoms. The topological polar surface area (TPSA) is 45.5 Å². The predicted molar refractivity (Wildman–Crippen MR) is 65.4 cm³/mol. The van der Waals surface area contributed by atoms with Crippen molar-refractivity contribution in [1.29, 1.82) is 0 Å². The minimum atomic E-state index is 0.0947. The van der Waals surface area contributed by atoms with E-state index < -0.39 is 0 Å². The van der Waals surface area contributed by atoms with Crippen LogP contribution in [0, 0.1) is 18.8 Å². The van der Waals surface area contributed by atoms with Gasteiger partial charge in [0.25, 0.3) is 0 Å². The number of furan rings is 1. The number of hydrogen-bond acceptors (Lipinski definition) is 3. The lowest BCUT2D eigenvalue weighted by Gasteiger charge is -2.33. The average Bonchev–Trinajstić information content (AvgIpc) is 2.60. The van der Waals surface area contributed by atoms with Crippen molar-refractivity contribution in [2.75, 3.05) is 20.1 Å². The zero-order chi connectivity index (χ0) is 12.4. The summed E-state index contributed by atoms with van der Waals surface area (Å²) in [5, 5.41) is 3.20. The fraction of sp³-hybridized carbons (Fsp3) is 0.615. The zero-order valence-electron chi connectivity index (χ0n) is 10.7. The van der Waals surface area contributed by atoms with Crippen LogP contribution in [0.2, 0.25) is 0 Å². The van der Waals surface area contributed by atoms with E-state index in [-0.39, 0.29) is 11.8 Å². The first kappa shape index (κ1) is 12.2. The Balaban J connectivity index is 1.90. The number of aryl methyl sites for hydroxylation is 1. The second kappa shape index (κ2) is 4.92. The molecule has 0 saturated carbocycles. The smallest absolute Gasteiger partial charge is 0.225 e. The zero-order valence-corrected chi connectivity index (χ0v) is 10.7. The van der Waals surface area contributed by atoms with E-state index in [2.05, 4.69) is 5.32 Å². The van der Waals surface area contributed by atoms with E-state index in [0.717, 1.165) is 24.6 Å². The lowest BCUT2D eigenvalue weighted by atomic mass is 9.88. The molecule has 1 saturated heterocycles. The normalized spacial score (nSPS) is 17.6. The molecule has 0 radical (unpaired) electrons. The lowest BCUT2D eigenvalue weighted by molar-refractivity contribution is -0.136. The van der Waals surface area contributed by atoms with Gasteiger partial charge in [0.15, 0.2) is 0 Å². The van der Waals surface area contributed by atoms with Crippen molar-refractivity contribution < 1.29 is 9.21 Å². The number of rotatable bonds is 4. The van der Waals surface area contributed by atoms with Crippen LogP contribution in [0.5, 0.6) is 0 Å². The van der Waals surface area contributed by atoms with E-state index in [4.69, 9.17) is 4.42 Å². The van der Waals surface area contributed by atoms with Gasteiger partial charge in [-0.15, -0.1) is 0 Å². The highest BCUT2D eigenvalue weighted by atomic mass is 16.3. The Morgan fingerprint density at radius 3 is 2.76 bits per heavy atom. The van der Waals surface area contributed by atoms with Gasteiger partial charge in [-0.25, -0.2) is 0 Å². The Morgan fingerprint density at radius 1 is 1.59 bits per heavy atom. The van der Waals surface area contributed by atoms with Gasteiger partial charge in [0.2, 0.25) is 5.91 Å². The Morgan fingerprint density at radius 2 is 2.29 bits per heavy atom. The van der Waals surface area contributed by atoms with Crippen LogP contribution in [-0.2, 0) is 11.3 Å². The summed E-state index contributed by atoms with van der Waals surface area (Å²) in [6, 6.07) is 3.85. The highest BCUT2D eigenvalue weighted by molar-refractivity contribution is 5.78. The SMILES string of the molecule is Cc1ccc(CN(C)C(=O)C(C)C2CNC2)o1. The van der Waals surface area contributed by atoms with Crippen LogP contribution in [0.15, 0.2) is 16.5 Å². The van der Waals surface area contributed by atoms with Crippen molar-refractivity contribution in [3.05, 3.63) is 23.7 Å². The number of hydrogen-bond donors (Lipinski definition) is 1. The molecule has 0 aliphatic carbocycles. The van der Waals surface area contributed by atoms with Gasteiger partial charge in [-0.3, -0.25) is 4.79 Å². The van der Waals surface area contributed by atoms with Crippen molar-refractivity contribution in [2.45, 2.75) is 20.4 Å². The Labute approximate surface area is 102 Å². The largest absolute Gasteiger partial charge is 0.464 e. The summed E-state index contributed by atoms with van der Waals surface area (Å²) in [7, 11) is 1.84. The molecule has 1 amide bonds. The molecule has 2 rings (SSSR count). The summed E-state index contributed by atoms with van der Waals surface area (Å²) >= 11 is 0.